The van der Waals surface area contributed by atoms with E-state index >= 15 is 0 Å². The van der Waals surface area contributed by atoms with Crippen LogP contribution in [-0.2, 0) is 0 Å². The van der Waals surface area contributed by atoms with Gasteiger partial charge in [0.25, 0.3) is 0 Å². The Bertz CT molecular complexity index is 749. The van der Waals surface area contributed by atoms with Crippen LogP contribution in [-0.4, -0.2) is 31.9 Å². The fraction of sp³-hybridized carbons (Fsp3) is 0.0769. The van der Waals surface area contributed by atoms with Gasteiger partial charge in [-0.2, -0.15) is 5.10 Å². The van der Waals surface area contributed by atoms with Crippen LogP contribution >= 0.6 is 0 Å². The Hall–Kier alpha value is -2.96. The van der Waals surface area contributed by atoms with Crippen molar-refractivity contribution in [2.24, 2.45) is 0 Å². The molecule has 0 atom stereocenters. The summed E-state index contributed by atoms with van der Waals surface area (Å²) in [5.74, 6) is -3.05. The van der Waals surface area contributed by atoms with Gasteiger partial charge in [-0.05, 0) is 19.1 Å². The lowest BCUT2D eigenvalue weighted by Gasteiger charge is -2.12. The van der Waals surface area contributed by atoms with Crippen LogP contribution in [0.5, 0.6) is 0 Å². The Kier molecular flexibility index (Phi) is 3.34. The van der Waals surface area contributed by atoms with Gasteiger partial charge in [0.1, 0.15) is 5.56 Å². The first kappa shape index (κ1) is 13.5. The number of nitrogens with zero attached hydrogens (tertiary/aromatic N) is 2. The van der Waals surface area contributed by atoms with Crippen LogP contribution < -0.4 is 5.43 Å². The predicted molar refractivity (Wildman–Crippen MR) is 68.5 cm³/mol. The molecule has 0 fully saturated rings. The third-order valence-electron chi connectivity index (χ3n) is 2.74. The lowest BCUT2D eigenvalue weighted by Crippen LogP contribution is -2.29. The minimum Gasteiger partial charge on any atom is -0.477 e. The van der Waals surface area contributed by atoms with E-state index in [1.165, 1.54) is 6.92 Å². The van der Waals surface area contributed by atoms with Gasteiger partial charge in [-0.3, -0.25) is 4.79 Å². The number of hydrogen-bond donors (Lipinski definition) is 2. The average Bonchev–Trinajstić information content (AvgIpc) is 2.39. The number of aromatic carboxylic acids is 2. The lowest BCUT2D eigenvalue weighted by molar-refractivity contribution is 0.0685. The largest absolute Gasteiger partial charge is 0.477 e. The molecule has 0 radical (unpaired) electrons. The number of para-hydroxylation sites is 1. The Labute approximate surface area is 112 Å². The zero-order valence-electron chi connectivity index (χ0n) is 10.4. The minimum absolute atomic E-state index is 0.0682. The van der Waals surface area contributed by atoms with Crippen molar-refractivity contribution in [3.05, 3.63) is 57.5 Å². The molecule has 0 aliphatic heterocycles. The molecular weight excluding hydrogens is 264 g/mol. The maximum Gasteiger partial charge on any atom is 0.360 e. The second-order valence-electron chi connectivity index (χ2n) is 4.00. The molecular formula is C13H10N2O5. The molecule has 0 spiro atoms. The summed E-state index contributed by atoms with van der Waals surface area (Å²) in [6.07, 6.45) is 0. The van der Waals surface area contributed by atoms with E-state index in [4.69, 9.17) is 10.2 Å². The van der Waals surface area contributed by atoms with E-state index in [0.717, 1.165) is 4.68 Å². The molecule has 7 heteroatoms. The van der Waals surface area contributed by atoms with Gasteiger partial charge in [-0.25, -0.2) is 14.3 Å². The van der Waals surface area contributed by atoms with Gasteiger partial charge in [0.2, 0.25) is 11.1 Å². The van der Waals surface area contributed by atoms with E-state index in [-0.39, 0.29) is 5.69 Å². The molecule has 2 N–H and O–H groups in total. The molecule has 0 saturated carbocycles. The van der Waals surface area contributed by atoms with Crippen LogP contribution in [0.4, 0.5) is 0 Å². The van der Waals surface area contributed by atoms with Crippen LogP contribution in [0.25, 0.3) is 5.69 Å². The smallest absolute Gasteiger partial charge is 0.360 e. The number of carboxylic acids is 2. The molecule has 2 rings (SSSR count). The molecule has 2 aromatic rings. The van der Waals surface area contributed by atoms with E-state index in [1.54, 1.807) is 30.3 Å². The van der Waals surface area contributed by atoms with Gasteiger partial charge in [0.05, 0.1) is 11.4 Å². The first-order chi connectivity index (χ1) is 9.43. The third-order valence-corrected chi connectivity index (χ3v) is 2.74. The summed E-state index contributed by atoms with van der Waals surface area (Å²) in [5.41, 5.74) is -1.98. The summed E-state index contributed by atoms with van der Waals surface area (Å²) in [6, 6.07) is 8.38. The van der Waals surface area contributed by atoms with Gasteiger partial charge < -0.3 is 10.2 Å². The molecule has 1 aromatic heterocycles. The molecule has 0 unspecified atom stereocenters. The molecule has 20 heavy (non-hydrogen) atoms. The Morgan fingerprint density at radius 1 is 1.10 bits per heavy atom. The standard InChI is InChI=1S/C13H10N2O5/c1-7-9(12(17)18)11(16)10(13(19)20)14-15(7)8-5-3-2-4-6-8/h2-6H,1H3,(H,17,18)(H,19,20). The fourth-order valence-electron chi connectivity index (χ4n) is 1.82. The minimum atomic E-state index is -1.57. The summed E-state index contributed by atoms with van der Waals surface area (Å²) in [6.45, 7) is 1.40. The predicted octanol–water partition coefficient (Wildman–Crippen LogP) is 0.937. The zero-order valence-corrected chi connectivity index (χ0v) is 10.4. The summed E-state index contributed by atoms with van der Waals surface area (Å²) in [4.78, 5) is 34.0. The van der Waals surface area contributed by atoms with Crippen molar-refractivity contribution >= 4 is 11.9 Å². The van der Waals surface area contributed by atoms with Crippen molar-refractivity contribution in [2.45, 2.75) is 6.92 Å². The molecule has 0 bridgehead atoms. The van der Waals surface area contributed by atoms with Crippen molar-refractivity contribution in [1.29, 1.82) is 0 Å². The normalized spacial score (nSPS) is 10.2. The van der Waals surface area contributed by atoms with Crippen LogP contribution in [0.1, 0.15) is 26.5 Å². The molecule has 7 nitrogen and oxygen atoms in total. The number of hydrogen-bond acceptors (Lipinski definition) is 4. The monoisotopic (exact) mass is 274 g/mol. The second-order valence-corrected chi connectivity index (χ2v) is 4.00. The second kappa shape index (κ2) is 4.96. The molecule has 0 aliphatic carbocycles. The van der Waals surface area contributed by atoms with Crippen LogP contribution in [0.15, 0.2) is 35.1 Å². The molecule has 1 aromatic carbocycles. The molecule has 102 valence electrons. The van der Waals surface area contributed by atoms with Crippen molar-refractivity contribution in [2.75, 3.05) is 0 Å². The highest BCUT2D eigenvalue weighted by Crippen LogP contribution is 2.11. The zero-order chi connectivity index (χ0) is 14.9. The van der Waals surface area contributed by atoms with Gasteiger partial charge in [-0.15, -0.1) is 0 Å². The number of benzene rings is 1. The van der Waals surface area contributed by atoms with Crippen LogP contribution in [0, 0.1) is 6.92 Å². The highest BCUT2D eigenvalue weighted by molar-refractivity contribution is 5.93. The van der Waals surface area contributed by atoms with Gasteiger partial charge in [-0.1, -0.05) is 18.2 Å². The summed E-state index contributed by atoms with van der Waals surface area (Å²) >= 11 is 0. The average molecular weight is 274 g/mol. The topological polar surface area (TPSA) is 109 Å². The quantitative estimate of drug-likeness (QED) is 0.861. The maximum absolute atomic E-state index is 11.8. The van der Waals surface area contributed by atoms with Crippen LogP contribution in [0.2, 0.25) is 0 Å². The van der Waals surface area contributed by atoms with E-state index in [9.17, 15) is 14.4 Å². The number of carbonyl (C=O) groups is 2. The first-order valence-corrected chi connectivity index (χ1v) is 5.59. The van der Waals surface area contributed by atoms with Crippen LogP contribution in [0.3, 0.4) is 0 Å². The van der Waals surface area contributed by atoms with E-state index < -0.39 is 28.6 Å². The van der Waals surface area contributed by atoms with Gasteiger partial charge in [0, 0.05) is 0 Å². The van der Waals surface area contributed by atoms with Gasteiger partial charge in [0.15, 0.2) is 0 Å². The van der Waals surface area contributed by atoms with E-state index in [1.807, 2.05) is 0 Å². The van der Waals surface area contributed by atoms with Crippen molar-refractivity contribution in [1.82, 2.24) is 9.78 Å². The molecule has 0 aliphatic rings. The highest BCUT2D eigenvalue weighted by Gasteiger charge is 2.23. The number of aromatic nitrogens is 2. The van der Waals surface area contributed by atoms with Gasteiger partial charge >= 0.3 is 11.9 Å². The summed E-state index contributed by atoms with van der Waals surface area (Å²) in [5, 5.41) is 21.8. The van der Waals surface area contributed by atoms with E-state index in [0.29, 0.717) is 5.69 Å². The number of carboxylic acid groups (broad SMARTS) is 2. The fourth-order valence-corrected chi connectivity index (χ4v) is 1.82. The third kappa shape index (κ3) is 2.16. The Balaban J connectivity index is 2.86. The lowest BCUT2D eigenvalue weighted by atomic mass is 10.1. The van der Waals surface area contributed by atoms with Crippen molar-refractivity contribution in [3.63, 3.8) is 0 Å². The summed E-state index contributed by atoms with van der Waals surface area (Å²) in [7, 11) is 0. The SMILES string of the molecule is Cc1c(C(=O)O)c(=O)c(C(=O)O)nn1-c1ccccc1. The van der Waals surface area contributed by atoms with Crippen molar-refractivity contribution < 1.29 is 19.8 Å². The molecule has 1 heterocycles. The Morgan fingerprint density at radius 2 is 1.70 bits per heavy atom. The molecule has 0 amide bonds. The maximum atomic E-state index is 11.8. The Morgan fingerprint density at radius 3 is 2.20 bits per heavy atom. The van der Waals surface area contributed by atoms with E-state index in [2.05, 4.69) is 5.10 Å². The number of rotatable bonds is 3. The first-order valence-electron chi connectivity index (χ1n) is 5.59. The molecule has 0 saturated heterocycles. The van der Waals surface area contributed by atoms with Crippen molar-refractivity contribution in [3.8, 4) is 5.69 Å². The summed E-state index contributed by atoms with van der Waals surface area (Å²) < 4.78 is 1.13. The highest BCUT2D eigenvalue weighted by atomic mass is 16.4.